The number of aromatic hydroxyl groups is 2. The number of hydrogen-bond donors (Lipinski definition) is 2. The van der Waals surface area contributed by atoms with Crippen molar-refractivity contribution in [1.82, 2.24) is 14.4 Å². The summed E-state index contributed by atoms with van der Waals surface area (Å²) in [6.07, 6.45) is 1.91. The molecule has 5 aromatic rings. The SMILES string of the molecule is [2H]c1c([2H])c([2H])c(Cc2nc(-c3ccc(O)cc3)cn3c(O)c(Cc4ccccc4)nc23)c([2H])c1[2H]. The van der Waals surface area contributed by atoms with Gasteiger partial charge in [-0.2, -0.15) is 0 Å². The van der Waals surface area contributed by atoms with E-state index >= 15 is 0 Å². The maximum Gasteiger partial charge on any atom is 0.219 e. The fourth-order valence-electron chi connectivity index (χ4n) is 3.47. The number of benzene rings is 3. The van der Waals surface area contributed by atoms with Crippen molar-refractivity contribution in [3.8, 4) is 22.9 Å². The first-order chi connectivity index (χ1) is 17.2. The highest BCUT2D eigenvalue weighted by Gasteiger charge is 2.18. The Balaban J connectivity index is 1.71. The molecule has 2 N–H and O–H groups in total. The van der Waals surface area contributed by atoms with Crippen molar-refractivity contribution in [2.45, 2.75) is 12.8 Å². The lowest BCUT2D eigenvalue weighted by atomic mass is 10.1. The fraction of sp³-hybridized carbons (Fsp3) is 0.0769. The van der Waals surface area contributed by atoms with Crippen molar-refractivity contribution < 1.29 is 17.1 Å². The quantitative estimate of drug-likeness (QED) is 0.427. The van der Waals surface area contributed by atoms with Gasteiger partial charge >= 0.3 is 0 Å². The summed E-state index contributed by atoms with van der Waals surface area (Å²) in [4.78, 5) is 9.34. The molecule has 152 valence electrons. The van der Waals surface area contributed by atoms with Gasteiger partial charge in [0.15, 0.2) is 5.65 Å². The molecule has 0 amide bonds. The third-order valence-electron chi connectivity index (χ3n) is 4.99. The fourth-order valence-corrected chi connectivity index (χ4v) is 3.47. The predicted molar refractivity (Wildman–Crippen MR) is 120 cm³/mol. The zero-order chi connectivity index (χ0) is 25.6. The summed E-state index contributed by atoms with van der Waals surface area (Å²) < 4.78 is 42.0. The van der Waals surface area contributed by atoms with Gasteiger partial charge < -0.3 is 10.2 Å². The van der Waals surface area contributed by atoms with Crippen LogP contribution in [-0.4, -0.2) is 24.6 Å². The van der Waals surface area contributed by atoms with E-state index in [4.69, 9.17) is 11.8 Å². The molecule has 0 aliphatic heterocycles. The van der Waals surface area contributed by atoms with Gasteiger partial charge in [-0.25, -0.2) is 9.97 Å². The van der Waals surface area contributed by atoms with E-state index < -0.39 is 18.1 Å². The topological polar surface area (TPSA) is 70.7 Å². The Morgan fingerprint density at radius 1 is 0.774 bits per heavy atom. The smallest absolute Gasteiger partial charge is 0.219 e. The molecule has 0 saturated heterocycles. The summed E-state index contributed by atoms with van der Waals surface area (Å²) >= 11 is 0. The average molecular weight is 413 g/mol. The molecule has 31 heavy (non-hydrogen) atoms. The Bertz CT molecular complexity index is 1570. The van der Waals surface area contributed by atoms with Gasteiger partial charge in [0, 0.05) is 24.6 Å². The summed E-state index contributed by atoms with van der Waals surface area (Å²) in [5, 5.41) is 20.7. The lowest BCUT2D eigenvalue weighted by molar-refractivity contribution is 0.442. The molecule has 0 atom stereocenters. The number of fused-ring (bicyclic) bond motifs is 1. The zero-order valence-electron chi connectivity index (χ0n) is 21.4. The van der Waals surface area contributed by atoms with Crippen molar-refractivity contribution in [1.29, 1.82) is 0 Å². The Kier molecular flexibility index (Phi) is 3.59. The third kappa shape index (κ3) is 3.85. The minimum Gasteiger partial charge on any atom is -0.508 e. The van der Waals surface area contributed by atoms with Gasteiger partial charge in [-0.05, 0) is 35.4 Å². The van der Waals surface area contributed by atoms with Crippen LogP contribution >= 0.6 is 0 Å². The van der Waals surface area contributed by atoms with E-state index in [1.54, 1.807) is 18.3 Å². The van der Waals surface area contributed by atoms with Crippen LogP contribution in [-0.2, 0) is 12.8 Å². The van der Waals surface area contributed by atoms with E-state index in [0.29, 0.717) is 34.7 Å². The first kappa shape index (κ1) is 14.0. The van der Waals surface area contributed by atoms with Crippen LogP contribution in [0.5, 0.6) is 11.6 Å². The van der Waals surface area contributed by atoms with Crippen molar-refractivity contribution >= 4 is 5.65 Å². The molecule has 0 saturated carbocycles. The molecule has 0 aliphatic rings. The van der Waals surface area contributed by atoms with Crippen LogP contribution in [0.3, 0.4) is 0 Å². The second-order valence-corrected chi connectivity index (χ2v) is 7.14. The number of phenolic OH excluding ortho intramolecular Hbond substituents is 1. The lowest BCUT2D eigenvalue weighted by Crippen LogP contribution is -2.00. The molecular formula is C26H21N3O2. The summed E-state index contributed by atoms with van der Waals surface area (Å²) in [5.41, 5.74) is 3.26. The monoisotopic (exact) mass is 412 g/mol. The standard InChI is InChI=1S/C26H21N3O2/c30-21-13-11-20(12-14-21)24-17-29-25(22(27-24)15-18-7-3-1-4-8-18)28-23(26(29)31)16-19-9-5-2-6-10-19/h1-14,17,30-31H,15-16H2/i1D,3D,4D,7D,8D. The van der Waals surface area contributed by atoms with Crippen LogP contribution in [0.4, 0.5) is 0 Å². The molecule has 0 unspecified atom stereocenters. The van der Waals surface area contributed by atoms with Gasteiger partial charge in [0.1, 0.15) is 11.4 Å². The van der Waals surface area contributed by atoms with Crippen molar-refractivity contribution in [2.75, 3.05) is 0 Å². The van der Waals surface area contributed by atoms with Crippen LogP contribution in [0.25, 0.3) is 16.9 Å². The third-order valence-corrected chi connectivity index (χ3v) is 4.99. The highest BCUT2D eigenvalue weighted by Crippen LogP contribution is 2.28. The highest BCUT2D eigenvalue weighted by atomic mass is 16.3. The number of phenols is 1. The van der Waals surface area contributed by atoms with Crippen LogP contribution < -0.4 is 0 Å². The van der Waals surface area contributed by atoms with E-state index in [9.17, 15) is 10.2 Å². The van der Waals surface area contributed by atoms with E-state index in [0.717, 1.165) is 5.56 Å². The molecular weight excluding hydrogens is 386 g/mol. The molecule has 2 heterocycles. The van der Waals surface area contributed by atoms with E-state index in [-0.39, 0.29) is 35.7 Å². The average Bonchev–Trinajstić information content (AvgIpc) is 3.20. The molecule has 0 bridgehead atoms. The second-order valence-electron chi connectivity index (χ2n) is 7.14. The summed E-state index contributed by atoms with van der Waals surface area (Å²) in [5.74, 6) is 0.0217. The Morgan fingerprint density at radius 3 is 2.23 bits per heavy atom. The van der Waals surface area contributed by atoms with E-state index in [1.165, 1.54) is 16.5 Å². The molecule has 5 rings (SSSR count). The molecule has 0 radical (unpaired) electrons. The van der Waals surface area contributed by atoms with E-state index in [2.05, 4.69) is 4.98 Å². The second kappa shape index (κ2) is 7.95. The zero-order valence-corrected chi connectivity index (χ0v) is 16.4. The van der Waals surface area contributed by atoms with E-state index in [1.807, 2.05) is 30.3 Å². The molecule has 0 fully saturated rings. The van der Waals surface area contributed by atoms with Crippen molar-refractivity contribution in [2.24, 2.45) is 0 Å². The highest BCUT2D eigenvalue weighted by molar-refractivity contribution is 5.64. The number of rotatable bonds is 5. The van der Waals surface area contributed by atoms with Gasteiger partial charge in [-0.1, -0.05) is 60.5 Å². The molecule has 2 aromatic heterocycles. The minimum atomic E-state index is -0.465. The van der Waals surface area contributed by atoms with Crippen molar-refractivity contribution in [3.05, 3.63) is 114 Å². The number of aromatic nitrogens is 3. The Hall–Kier alpha value is -4.12. The molecule has 0 aliphatic carbocycles. The van der Waals surface area contributed by atoms with Gasteiger partial charge in [-0.3, -0.25) is 4.40 Å². The van der Waals surface area contributed by atoms with Crippen LogP contribution in [0.2, 0.25) is 0 Å². The van der Waals surface area contributed by atoms with Gasteiger partial charge in [0.05, 0.1) is 18.2 Å². The maximum atomic E-state index is 11.1. The van der Waals surface area contributed by atoms with Crippen LogP contribution in [0.1, 0.15) is 29.4 Å². The van der Waals surface area contributed by atoms with Gasteiger partial charge in [-0.15, -0.1) is 0 Å². The summed E-state index contributed by atoms with van der Waals surface area (Å²) in [6, 6.07) is 14.0. The van der Waals surface area contributed by atoms with Gasteiger partial charge in [0.2, 0.25) is 5.88 Å². The van der Waals surface area contributed by atoms with Crippen LogP contribution in [0, 0.1) is 0 Å². The molecule has 3 aromatic carbocycles. The molecule has 5 nitrogen and oxygen atoms in total. The van der Waals surface area contributed by atoms with Crippen LogP contribution in [0.15, 0.2) is 91.0 Å². The summed E-state index contributed by atoms with van der Waals surface area (Å²) in [7, 11) is 0. The number of nitrogens with zero attached hydrogens (tertiary/aromatic N) is 3. The minimum absolute atomic E-state index is 0.0707. The maximum absolute atomic E-state index is 11.1. The lowest BCUT2D eigenvalue weighted by Gasteiger charge is -2.08. The number of imidazole rings is 1. The predicted octanol–water partition coefficient (Wildman–Crippen LogP) is 4.99. The Labute approximate surface area is 187 Å². The molecule has 0 spiro atoms. The normalized spacial score (nSPS) is 13.4. The molecule has 5 heteroatoms. The first-order valence-corrected chi connectivity index (χ1v) is 9.73. The summed E-state index contributed by atoms with van der Waals surface area (Å²) in [6.45, 7) is 0. The van der Waals surface area contributed by atoms with Gasteiger partial charge in [0.25, 0.3) is 0 Å². The largest absolute Gasteiger partial charge is 0.508 e. The number of hydrogen-bond acceptors (Lipinski definition) is 4. The van der Waals surface area contributed by atoms with Crippen molar-refractivity contribution in [3.63, 3.8) is 0 Å². The first-order valence-electron chi connectivity index (χ1n) is 12.2. The Morgan fingerprint density at radius 2 is 1.48 bits per heavy atom.